The second-order valence-electron chi connectivity index (χ2n) is 5.90. The van der Waals surface area contributed by atoms with Crippen LogP contribution >= 0.6 is 0 Å². The summed E-state index contributed by atoms with van der Waals surface area (Å²) < 4.78 is 10.3. The summed E-state index contributed by atoms with van der Waals surface area (Å²) in [6.45, 7) is 3.65. The van der Waals surface area contributed by atoms with Crippen LogP contribution < -0.4 is 5.32 Å². The van der Waals surface area contributed by atoms with Crippen LogP contribution in [0.2, 0.25) is 0 Å². The van der Waals surface area contributed by atoms with E-state index in [4.69, 9.17) is 9.26 Å². The van der Waals surface area contributed by atoms with Gasteiger partial charge in [0, 0.05) is 31.8 Å². The van der Waals surface area contributed by atoms with Gasteiger partial charge in [0.25, 0.3) is 5.91 Å². The van der Waals surface area contributed by atoms with Gasteiger partial charge >= 0.3 is 0 Å². The highest BCUT2D eigenvalue weighted by Gasteiger charge is 2.29. The smallest absolute Gasteiger partial charge is 0.276 e. The summed E-state index contributed by atoms with van der Waals surface area (Å²) in [5, 5.41) is 6.79. The molecular formula is C15H21N3O4. The number of rotatable bonds is 3. The van der Waals surface area contributed by atoms with Crippen LogP contribution in [0.3, 0.4) is 0 Å². The minimum Gasteiger partial charge on any atom is -0.368 e. The van der Waals surface area contributed by atoms with Gasteiger partial charge in [0.2, 0.25) is 5.91 Å². The summed E-state index contributed by atoms with van der Waals surface area (Å²) in [4.78, 5) is 26.0. The Labute approximate surface area is 129 Å². The fourth-order valence-corrected chi connectivity index (χ4v) is 2.93. The summed E-state index contributed by atoms with van der Waals surface area (Å²) >= 11 is 0. The molecule has 3 rings (SSSR count). The van der Waals surface area contributed by atoms with Crippen molar-refractivity contribution in [2.45, 2.75) is 44.8 Å². The lowest BCUT2D eigenvalue weighted by Crippen LogP contribution is -2.48. The SMILES string of the molecule is Cc1cc(C(=O)N2CCC(NC(=O)C3CCCO3)CC2)no1. The molecule has 0 spiro atoms. The van der Waals surface area contributed by atoms with Crippen LogP contribution in [-0.2, 0) is 9.53 Å². The van der Waals surface area contributed by atoms with E-state index < -0.39 is 0 Å². The topological polar surface area (TPSA) is 84.7 Å². The molecule has 2 aliphatic heterocycles. The van der Waals surface area contributed by atoms with Crippen LogP contribution in [0, 0.1) is 6.92 Å². The maximum absolute atomic E-state index is 12.2. The molecule has 7 heteroatoms. The molecule has 0 radical (unpaired) electrons. The van der Waals surface area contributed by atoms with Crippen LogP contribution in [-0.4, -0.2) is 53.7 Å². The number of amides is 2. The van der Waals surface area contributed by atoms with Crippen molar-refractivity contribution in [3.8, 4) is 0 Å². The summed E-state index contributed by atoms with van der Waals surface area (Å²) in [7, 11) is 0. The molecule has 0 saturated carbocycles. The van der Waals surface area contributed by atoms with Gasteiger partial charge in [0.1, 0.15) is 11.9 Å². The van der Waals surface area contributed by atoms with Gasteiger partial charge in [-0.3, -0.25) is 9.59 Å². The lowest BCUT2D eigenvalue weighted by atomic mass is 10.0. The van der Waals surface area contributed by atoms with Crippen molar-refractivity contribution in [2.75, 3.05) is 19.7 Å². The Balaban J connectivity index is 1.47. The third-order valence-corrected chi connectivity index (χ3v) is 4.20. The van der Waals surface area contributed by atoms with Crippen molar-refractivity contribution < 1.29 is 18.8 Å². The molecular weight excluding hydrogens is 286 g/mol. The molecule has 2 amide bonds. The van der Waals surface area contributed by atoms with E-state index in [0.29, 0.717) is 31.2 Å². The first-order chi connectivity index (χ1) is 10.6. The number of aryl methyl sites for hydroxylation is 1. The Kier molecular flexibility index (Phi) is 4.42. The zero-order valence-corrected chi connectivity index (χ0v) is 12.7. The highest BCUT2D eigenvalue weighted by atomic mass is 16.5. The lowest BCUT2D eigenvalue weighted by molar-refractivity contribution is -0.131. The molecule has 3 heterocycles. The molecule has 1 N–H and O–H groups in total. The lowest BCUT2D eigenvalue weighted by Gasteiger charge is -2.32. The maximum Gasteiger partial charge on any atom is 0.276 e. The molecule has 2 aliphatic rings. The number of carbonyl (C=O) groups is 2. The molecule has 2 fully saturated rings. The molecule has 2 saturated heterocycles. The number of nitrogens with zero attached hydrogens (tertiary/aromatic N) is 2. The molecule has 1 unspecified atom stereocenters. The van der Waals surface area contributed by atoms with Crippen LogP contribution in [0.15, 0.2) is 10.6 Å². The fraction of sp³-hybridized carbons (Fsp3) is 0.667. The minimum absolute atomic E-state index is 0.0191. The van der Waals surface area contributed by atoms with Crippen molar-refractivity contribution in [1.82, 2.24) is 15.4 Å². The Morgan fingerprint density at radius 3 is 2.68 bits per heavy atom. The van der Waals surface area contributed by atoms with Gasteiger partial charge in [-0.1, -0.05) is 5.16 Å². The summed E-state index contributed by atoms with van der Waals surface area (Å²) in [5.74, 6) is 0.497. The first kappa shape index (κ1) is 15.0. The summed E-state index contributed by atoms with van der Waals surface area (Å²) in [6.07, 6.45) is 2.96. The third-order valence-electron chi connectivity index (χ3n) is 4.20. The van der Waals surface area contributed by atoms with Crippen LogP contribution in [0.4, 0.5) is 0 Å². The largest absolute Gasteiger partial charge is 0.368 e. The number of hydrogen-bond acceptors (Lipinski definition) is 5. The van der Waals surface area contributed by atoms with E-state index in [1.807, 2.05) is 0 Å². The van der Waals surface area contributed by atoms with Crippen LogP contribution in [0.1, 0.15) is 41.9 Å². The standard InChI is InChI=1S/C15H21N3O4/c1-10-9-12(17-22-10)15(20)18-6-4-11(5-7-18)16-14(19)13-3-2-8-21-13/h9,11,13H,2-8H2,1H3,(H,16,19). The quantitative estimate of drug-likeness (QED) is 0.896. The van der Waals surface area contributed by atoms with Crippen molar-refractivity contribution in [3.63, 3.8) is 0 Å². The Morgan fingerprint density at radius 1 is 1.32 bits per heavy atom. The number of ether oxygens (including phenoxy) is 1. The number of aromatic nitrogens is 1. The molecule has 7 nitrogen and oxygen atoms in total. The third kappa shape index (κ3) is 3.30. The molecule has 0 aliphatic carbocycles. The van der Waals surface area contributed by atoms with E-state index in [-0.39, 0.29) is 24.0 Å². The van der Waals surface area contributed by atoms with Crippen LogP contribution in [0.5, 0.6) is 0 Å². The minimum atomic E-state index is -0.294. The Hall–Kier alpha value is -1.89. The Bertz CT molecular complexity index is 543. The molecule has 120 valence electrons. The number of carbonyl (C=O) groups excluding carboxylic acids is 2. The van der Waals surface area contributed by atoms with Gasteiger partial charge in [-0.05, 0) is 32.6 Å². The van der Waals surface area contributed by atoms with E-state index in [1.165, 1.54) is 0 Å². The Morgan fingerprint density at radius 2 is 2.09 bits per heavy atom. The first-order valence-electron chi connectivity index (χ1n) is 7.78. The first-order valence-corrected chi connectivity index (χ1v) is 7.78. The van der Waals surface area contributed by atoms with Gasteiger partial charge in [-0.2, -0.15) is 0 Å². The molecule has 1 aromatic heterocycles. The predicted octanol–water partition coefficient (Wildman–Crippen LogP) is 0.883. The van der Waals surface area contributed by atoms with Crippen molar-refractivity contribution in [1.29, 1.82) is 0 Å². The zero-order valence-electron chi connectivity index (χ0n) is 12.7. The van der Waals surface area contributed by atoms with E-state index >= 15 is 0 Å². The van der Waals surface area contributed by atoms with Gasteiger partial charge in [0.05, 0.1) is 0 Å². The maximum atomic E-state index is 12.2. The molecule has 1 aromatic rings. The van der Waals surface area contributed by atoms with Gasteiger partial charge in [-0.15, -0.1) is 0 Å². The van der Waals surface area contributed by atoms with Gasteiger partial charge in [-0.25, -0.2) is 0 Å². The monoisotopic (exact) mass is 307 g/mol. The van der Waals surface area contributed by atoms with Crippen molar-refractivity contribution in [3.05, 3.63) is 17.5 Å². The molecule has 22 heavy (non-hydrogen) atoms. The average Bonchev–Trinajstić information content (AvgIpc) is 3.18. The fourth-order valence-electron chi connectivity index (χ4n) is 2.93. The normalized spacial score (nSPS) is 22.8. The predicted molar refractivity (Wildman–Crippen MR) is 77.3 cm³/mol. The van der Waals surface area contributed by atoms with E-state index in [1.54, 1.807) is 17.9 Å². The number of hydrogen-bond donors (Lipinski definition) is 1. The number of likely N-dealkylation sites (tertiary alicyclic amines) is 1. The summed E-state index contributed by atoms with van der Waals surface area (Å²) in [5.41, 5.74) is 0.347. The van der Waals surface area contributed by atoms with E-state index in [9.17, 15) is 9.59 Å². The highest BCUT2D eigenvalue weighted by molar-refractivity contribution is 5.92. The van der Waals surface area contributed by atoms with E-state index in [2.05, 4.69) is 10.5 Å². The average molecular weight is 307 g/mol. The molecule has 1 atom stereocenters. The molecule has 0 aromatic carbocycles. The van der Waals surface area contributed by atoms with E-state index in [0.717, 1.165) is 25.7 Å². The van der Waals surface area contributed by atoms with Gasteiger partial charge in [0.15, 0.2) is 5.69 Å². The number of nitrogens with one attached hydrogen (secondary N) is 1. The molecule has 0 bridgehead atoms. The number of piperidine rings is 1. The van der Waals surface area contributed by atoms with Gasteiger partial charge < -0.3 is 19.5 Å². The second-order valence-corrected chi connectivity index (χ2v) is 5.90. The zero-order chi connectivity index (χ0) is 15.5. The van der Waals surface area contributed by atoms with Crippen molar-refractivity contribution in [2.24, 2.45) is 0 Å². The van der Waals surface area contributed by atoms with Crippen LogP contribution in [0.25, 0.3) is 0 Å². The van der Waals surface area contributed by atoms with Crippen molar-refractivity contribution >= 4 is 11.8 Å². The highest BCUT2D eigenvalue weighted by Crippen LogP contribution is 2.16. The second kappa shape index (κ2) is 6.48. The summed E-state index contributed by atoms with van der Waals surface area (Å²) in [6, 6.07) is 1.76.